The van der Waals surface area contributed by atoms with E-state index < -0.39 is 0 Å². The van der Waals surface area contributed by atoms with Crippen LogP contribution in [-0.2, 0) is 11.8 Å². The molecule has 0 unspecified atom stereocenters. The molecule has 1 amide bonds. The number of amides is 1. The molecular weight excluding hydrogens is 314 g/mol. The van der Waals surface area contributed by atoms with Gasteiger partial charge in [0.05, 0.1) is 6.61 Å². The van der Waals surface area contributed by atoms with Crippen LogP contribution >= 0.6 is 0 Å². The number of aryl methyl sites for hydroxylation is 1. The minimum absolute atomic E-state index is 0.154. The third-order valence-corrected chi connectivity index (χ3v) is 6.19. The number of carbonyl (C=O) groups excluding carboxylic acids is 1. The predicted octanol–water partition coefficient (Wildman–Crippen LogP) is 2.22. The number of likely N-dealkylation sites (tertiary alicyclic amines) is 2. The Labute approximate surface area is 149 Å². The van der Waals surface area contributed by atoms with Crippen LogP contribution in [0, 0.1) is 11.3 Å². The zero-order valence-corrected chi connectivity index (χ0v) is 15.4. The van der Waals surface area contributed by atoms with Gasteiger partial charge in [-0.1, -0.05) is 18.2 Å². The lowest BCUT2D eigenvalue weighted by molar-refractivity contribution is 0.0708. The molecule has 4 rings (SSSR count). The van der Waals surface area contributed by atoms with E-state index in [1.807, 2.05) is 29.8 Å². The van der Waals surface area contributed by atoms with E-state index in [4.69, 9.17) is 4.74 Å². The lowest BCUT2D eigenvalue weighted by atomic mass is 9.77. The van der Waals surface area contributed by atoms with Gasteiger partial charge < -0.3 is 19.1 Å². The van der Waals surface area contributed by atoms with Gasteiger partial charge in [0, 0.05) is 62.6 Å². The molecule has 1 aromatic heterocycles. The molecule has 2 saturated heterocycles. The van der Waals surface area contributed by atoms with Gasteiger partial charge in [0.2, 0.25) is 0 Å². The second kappa shape index (κ2) is 6.15. The highest BCUT2D eigenvalue weighted by Crippen LogP contribution is 2.43. The van der Waals surface area contributed by atoms with E-state index in [9.17, 15) is 4.79 Å². The zero-order chi connectivity index (χ0) is 17.6. The van der Waals surface area contributed by atoms with Crippen LogP contribution < -0.4 is 0 Å². The maximum Gasteiger partial charge on any atom is 0.270 e. The smallest absolute Gasteiger partial charge is 0.270 e. The van der Waals surface area contributed by atoms with Gasteiger partial charge in [0.15, 0.2) is 0 Å². The fourth-order valence-electron chi connectivity index (χ4n) is 4.92. The number of benzene rings is 1. The molecular formula is C20H27N3O2. The first-order valence-electron chi connectivity index (χ1n) is 9.05. The minimum atomic E-state index is 0.154. The van der Waals surface area contributed by atoms with Crippen molar-refractivity contribution in [1.82, 2.24) is 14.4 Å². The van der Waals surface area contributed by atoms with Crippen molar-refractivity contribution in [2.75, 3.05) is 46.9 Å². The van der Waals surface area contributed by atoms with Crippen molar-refractivity contribution in [2.24, 2.45) is 18.4 Å². The summed E-state index contributed by atoms with van der Waals surface area (Å²) in [6, 6.07) is 10.2. The number of hydrogen-bond donors (Lipinski definition) is 0. The van der Waals surface area contributed by atoms with Gasteiger partial charge in [-0.05, 0) is 25.6 Å². The number of para-hydroxylation sites is 1. The van der Waals surface area contributed by atoms with E-state index in [2.05, 4.69) is 29.0 Å². The Hall–Kier alpha value is -1.85. The molecule has 2 aromatic rings. The summed E-state index contributed by atoms with van der Waals surface area (Å²) in [5.74, 6) is 0.661. The van der Waals surface area contributed by atoms with Crippen molar-refractivity contribution in [2.45, 2.75) is 6.42 Å². The molecule has 3 heterocycles. The molecule has 0 N–H and O–H groups in total. The third kappa shape index (κ3) is 2.66. The molecule has 2 atom stereocenters. The van der Waals surface area contributed by atoms with Crippen LogP contribution in [0.4, 0.5) is 0 Å². The summed E-state index contributed by atoms with van der Waals surface area (Å²) in [5, 5.41) is 1.13. The average molecular weight is 341 g/mol. The normalized spacial score (nSPS) is 27.0. The molecule has 0 bridgehead atoms. The number of hydrogen-bond acceptors (Lipinski definition) is 3. The fraction of sp³-hybridized carbons (Fsp3) is 0.550. The van der Waals surface area contributed by atoms with Crippen molar-refractivity contribution in [3.05, 3.63) is 36.0 Å². The van der Waals surface area contributed by atoms with Crippen molar-refractivity contribution in [3.63, 3.8) is 0 Å². The van der Waals surface area contributed by atoms with E-state index in [1.54, 1.807) is 7.11 Å². The maximum absolute atomic E-state index is 13.2. The monoisotopic (exact) mass is 341 g/mol. The van der Waals surface area contributed by atoms with Crippen molar-refractivity contribution in [3.8, 4) is 0 Å². The zero-order valence-electron chi connectivity index (χ0n) is 15.4. The van der Waals surface area contributed by atoms with Gasteiger partial charge in [-0.25, -0.2) is 0 Å². The maximum atomic E-state index is 13.2. The minimum Gasteiger partial charge on any atom is -0.384 e. The summed E-state index contributed by atoms with van der Waals surface area (Å²) in [5.41, 5.74) is 2.08. The Kier molecular flexibility index (Phi) is 4.08. The lowest BCUT2D eigenvalue weighted by Crippen LogP contribution is -2.38. The molecule has 5 heteroatoms. The molecule has 2 fully saturated rings. The van der Waals surface area contributed by atoms with Crippen molar-refractivity contribution < 1.29 is 9.53 Å². The van der Waals surface area contributed by atoms with Crippen LogP contribution in [0.25, 0.3) is 10.9 Å². The quantitative estimate of drug-likeness (QED) is 0.859. The summed E-state index contributed by atoms with van der Waals surface area (Å²) in [6.07, 6.45) is 1.07. The highest BCUT2D eigenvalue weighted by molar-refractivity contribution is 5.98. The summed E-state index contributed by atoms with van der Waals surface area (Å²) >= 11 is 0. The Morgan fingerprint density at radius 1 is 1.28 bits per heavy atom. The number of rotatable bonds is 3. The van der Waals surface area contributed by atoms with Crippen molar-refractivity contribution in [1.29, 1.82) is 0 Å². The first-order valence-corrected chi connectivity index (χ1v) is 9.05. The van der Waals surface area contributed by atoms with Gasteiger partial charge in [-0.15, -0.1) is 0 Å². The topological polar surface area (TPSA) is 37.7 Å². The molecule has 1 spiro atoms. The second-order valence-corrected chi connectivity index (χ2v) is 7.84. The van der Waals surface area contributed by atoms with Gasteiger partial charge in [0.1, 0.15) is 5.69 Å². The van der Waals surface area contributed by atoms with Crippen LogP contribution in [0.2, 0.25) is 0 Å². The fourth-order valence-corrected chi connectivity index (χ4v) is 4.92. The molecule has 0 saturated carbocycles. The standard InChI is InChI=1S/C20H27N3O2/c1-21-11-16(12-25-3)20(13-21)8-9-23(14-20)19(24)18-10-15-6-4-5-7-17(15)22(18)2/h4-7,10,16H,8-9,11-14H2,1-3H3/t16-,20+/m0/s1. The van der Waals surface area contributed by atoms with E-state index in [0.29, 0.717) is 5.92 Å². The predicted molar refractivity (Wildman–Crippen MR) is 98.7 cm³/mol. The van der Waals surface area contributed by atoms with Crippen LogP contribution in [0.1, 0.15) is 16.9 Å². The number of methoxy groups -OCH3 is 1. The Morgan fingerprint density at radius 3 is 2.84 bits per heavy atom. The van der Waals surface area contributed by atoms with E-state index in [1.165, 1.54) is 0 Å². The summed E-state index contributed by atoms with van der Waals surface area (Å²) < 4.78 is 7.49. The van der Waals surface area contributed by atoms with Gasteiger partial charge >= 0.3 is 0 Å². The highest BCUT2D eigenvalue weighted by atomic mass is 16.5. The Bertz CT molecular complexity index is 799. The average Bonchev–Trinajstić information content (AvgIpc) is 3.26. The molecule has 2 aliphatic heterocycles. The summed E-state index contributed by atoms with van der Waals surface area (Å²) in [7, 11) is 5.93. The van der Waals surface area contributed by atoms with Gasteiger partial charge in [-0.3, -0.25) is 4.79 Å². The molecule has 0 aliphatic carbocycles. The molecule has 5 nitrogen and oxygen atoms in total. The summed E-state index contributed by atoms with van der Waals surface area (Å²) in [6.45, 7) is 4.57. The van der Waals surface area contributed by atoms with Gasteiger partial charge in [-0.2, -0.15) is 0 Å². The lowest BCUT2D eigenvalue weighted by Gasteiger charge is -2.30. The molecule has 25 heavy (non-hydrogen) atoms. The number of nitrogens with zero attached hydrogens (tertiary/aromatic N) is 3. The number of ether oxygens (including phenoxy) is 1. The number of aromatic nitrogens is 1. The SMILES string of the molecule is COC[C@@H]1CN(C)C[C@@]12CCN(C(=O)c1cc3ccccc3n1C)C2. The summed E-state index contributed by atoms with van der Waals surface area (Å²) in [4.78, 5) is 17.6. The van der Waals surface area contributed by atoms with Crippen LogP contribution in [0.15, 0.2) is 30.3 Å². The molecule has 1 aromatic carbocycles. The molecule has 134 valence electrons. The van der Waals surface area contributed by atoms with Crippen LogP contribution in [0.3, 0.4) is 0 Å². The van der Waals surface area contributed by atoms with E-state index in [-0.39, 0.29) is 11.3 Å². The van der Waals surface area contributed by atoms with E-state index >= 15 is 0 Å². The van der Waals surface area contributed by atoms with E-state index in [0.717, 1.165) is 55.8 Å². The van der Waals surface area contributed by atoms with Crippen LogP contribution in [0.5, 0.6) is 0 Å². The first kappa shape index (κ1) is 16.6. The van der Waals surface area contributed by atoms with Crippen molar-refractivity contribution >= 4 is 16.8 Å². The Balaban J connectivity index is 1.58. The highest BCUT2D eigenvalue weighted by Gasteiger charge is 2.50. The van der Waals surface area contributed by atoms with Crippen LogP contribution in [-0.4, -0.2) is 67.2 Å². The van der Waals surface area contributed by atoms with Gasteiger partial charge in [0.25, 0.3) is 5.91 Å². The third-order valence-electron chi connectivity index (χ3n) is 6.19. The second-order valence-electron chi connectivity index (χ2n) is 7.84. The number of fused-ring (bicyclic) bond motifs is 1. The molecule has 0 radical (unpaired) electrons. The molecule has 2 aliphatic rings. The largest absolute Gasteiger partial charge is 0.384 e. The Morgan fingerprint density at radius 2 is 2.08 bits per heavy atom. The number of carbonyl (C=O) groups is 1. The first-order chi connectivity index (χ1) is 12.0.